The SMILES string of the molecule is CC(C)C1COC(=O)N1C(=O)C(CC(=O)OC(C)(C)C)Cc1cscn1. The van der Waals surface area contributed by atoms with Crippen LogP contribution in [0.5, 0.6) is 0 Å². The Balaban J connectivity index is 2.20. The van der Waals surface area contributed by atoms with E-state index in [1.54, 1.807) is 26.3 Å². The van der Waals surface area contributed by atoms with Crippen LogP contribution in [0.2, 0.25) is 0 Å². The molecule has 1 aromatic heterocycles. The minimum absolute atomic E-state index is 0.0619. The predicted octanol–water partition coefficient (Wildman–Crippen LogP) is 3.04. The van der Waals surface area contributed by atoms with Crippen LogP contribution >= 0.6 is 11.3 Å². The van der Waals surface area contributed by atoms with E-state index in [1.807, 2.05) is 19.2 Å². The van der Waals surface area contributed by atoms with Gasteiger partial charge in [-0.2, -0.15) is 0 Å². The number of aromatic nitrogens is 1. The molecule has 0 N–H and O–H groups in total. The average Bonchev–Trinajstić information content (AvgIpc) is 3.13. The molecule has 0 bridgehead atoms. The Bertz CT molecular complexity index is 651. The molecular formula is C18H26N2O5S. The number of carbonyl (C=O) groups is 3. The van der Waals surface area contributed by atoms with E-state index >= 15 is 0 Å². The summed E-state index contributed by atoms with van der Waals surface area (Å²) in [5.74, 6) is -1.55. The molecule has 0 saturated carbocycles. The largest absolute Gasteiger partial charge is 0.460 e. The highest BCUT2D eigenvalue weighted by atomic mass is 32.1. The number of hydrogen-bond donors (Lipinski definition) is 0. The monoisotopic (exact) mass is 382 g/mol. The third-order valence-corrected chi connectivity index (χ3v) is 4.67. The number of rotatable bonds is 6. The minimum atomic E-state index is -0.723. The van der Waals surface area contributed by atoms with Crippen molar-refractivity contribution in [3.05, 3.63) is 16.6 Å². The molecule has 0 spiro atoms. The molecular weight excluding hydrogens is 356 g/mol. The first kappa shape index (κ1) is 20.4. The second-order valence-corrected chi connectivity index (χ2v) is 8.49. The van der Waals surface area contributed by atoms with E-state index in [4.69, 9.17) is 9.47 Å². The summed E-state index contributed by atoms with van der Waals surface area (Å²) in [5, 5.41) is 1.83. The lowest BCUT2D eigenvalue weighted by atomic mass is 9.95. The van der Waals surface area contributed by atoms with E-state index in [9.17, 15) is 14.4 Å². The van der Waals surface area contributed by atoms with E-state index in [2.05, 4.69) is 4.98 Å². The zero-order valence-corrected chi connectivity index (χ0v) is 16.7. The molecule has 1 aliphatic heterocycles. The van der Waals surface area contributed by atoms with Crippen LogP contribution in [0.3, 0.4) is 0 Å². The van der Waals surface area contributed by atoms with E-state index in [0.717, 1.165) is 4.90 Å². The second-order valence-electron chi connectivity index (χ2n) is 7.77. The number of cyclic esters (lactones) is 1. The number of hydrogen-bond acceptors (Lipinski definition) is 7. The van der Waals surface area contributed by atoms with Gasteiger partial charge in [-0.3, -0.25) is 9.59 Å². The number of thiazole rings is 1. The Morgan fingerprint density at radius 1 is 1.42 bits per heavy atom. The van der Waals surface area contributed by atoms with Gasteiger partial charge in [-0.25, -0.2) is 14.7 Å². The van der Waals surface area contributed by atoms with Crippen molar-refractivity contribution in [2.75, 3.05) is 6.61 Å². The number of amides is 2. The third-order valence-electron chi connectivity index (χ3n) is 4.03. The normalized spacial score (nSPS) is 18.8. The summed E-state index contributed by atoms with van der Waals surface area (Å²) < 4.78 is 10.4. The van der Waals surface area contributed by atoms with Crippen molar-refractivity contribution in [3.8, 4) is 0 Å². The highest BCUT2D eigenvalue weighted by Crippen LogP contribution is 2.25. The van der Waals surface area contributed by atoms with Gasteiger partial charge in [0.2, 0.25) is 5.91 Å². The topological polar surface area (TPSA) is 85.8 Å². The van der Waals surface area contributed by atoms with Gasteiger partial charge in [0.25, 0.3) is 0 Å². The molecule has 1 fully saturated rings. The Kier molecular flexibility index (Phi) is 6.39. The van der Waals surface area contributed by atoms with Crippen molar-refractivity contribution < 1.29 is 23.9 Å². The lowest BCUT2D eigenvalue weighted by Crippen LogP contribution is -2.46. The molecule has 0 aromatic carbocycles. The highest BCUT2D eigenvalue weighted by molar-refractivity contribution is 7.07. The molecule has 144 valence electrons. The van der Waals surface area contributed by atoms with Crippen LogP contribution in [-0.4, -0.2) is 46.1 Å². The van der Waals surface area contributed by atoms with Crippen LogP contribution in [0.1, 0.15) is 46.7 Å². The molecule has 1 saturated heterocycles. The average molecular weight is 382 g/mol. The third kappa shape index (κ3) is 5.27. The number of carbonyl (C=O) groups excluding carboxylic acids is 3. The van der Waals surface area contributed by atoms with Gasteiger partial charge >= 0.3 is 12.1 Å². The Morgan fingerprint density at radius 2 is 2.12 bits per heavy atom. The van der Waals surface area contributed by atoms with Gasteiger partial charge in [0, 0.05) is 11.8 Å². The van der Waals surface area contributed by atoms with Crippen molar-refractivity contribution in [1.82, 2.24) is 9.88 Å². The first-order valence-electron chi connectivity index (χ1n) is 8.67. The fourth-order valence-electron chi connectivity index (χ4n) is 2.80. The zero-order valence-electron chi connectivity index (χ0n) is 15.9. The molecule has 0 radical (unpaired) electrons. The van der Waals surface area contributed by atoms with Crippen molar-refractivity contribution in [1.29, 1.82) is 0 Å². The lowest BCUT2D eigenvalue weighted by Gasteiger charge is -2.27. The van der Waals surface area contributed by atoms with Gasteiger partial charge in [-0.05, 0) is 26.7 Å². The quantitative estimate of drug-likeness (QED) is 0.703. The number of imide groups is 1. The summed E-state index contributed by atoms with van der Waals surface area (Å²) in [6.45, 7) is 9.35. The number of ether oxygens (including phenoxy) is 2. The van der Waals surface area contributed by atoms with Crippen molar-refractivity contribution in [2.45, 2.75) is 59.1 Å². The van der Waals surface area contributed by atoms with Crippen LogP contribution in [0.15, 0.2) is 10.9 Å². The molecule has 2 unspecified atom stereocenters. The van der Waals surface area contributed by atoms with Crippen LogP contribution in [0.4, 0.5) is 4.79 Å². The maximum atomic E-state index is 13.1. The summed E-state index contributed by atoms with van der Waals surface area (Å²) in [4.78, 5) is 42.8. The maximum Gasteiger partial charge on any atom is 0.416 e. The number of esters is 1. The fraction of sp³-hybridized carbons (Fsp3) is 0.667. The lowest BCUT2D eigenvalue weighted by molar-refractivity contribution is -0.158. The van der Waals surface area contributed by atoms with Crippen LogP contribution in [-0.2, 0) is 25.5 Å². The van der Waals surface area contributed by atoms with Crippen molar-refractivity contribution in [3.63, 3.8) is 0 Å². The highest BCUT2D eigenvalue weighted by Gasteiger charge is 2.43. The van der Waals surface area contributed by atoms with E-state index in [0.29, 0.717) is 5.69 Å². The molecule has 7 nitrogen and oxygen atoms in total. The summed E-state index contributed by atoms with van der Waals surface area (Å²) in [7, 11) is 0. The van der Waals surface area contributed by atoms with Gasteiger partial charge in [0.05, 0.1) is 29.6 Å². The smallest absolute Gasteiger partial charge is 0.416 e. The molecule has 0 aliphatic carbocycles. The van der Waals surface area contributed by atoms with Gasteiger partial charge in [-0.1, -0.05) is 13.8 Å². The van der Waals surface area contributed by atoms with Gasteiger partial charge in [0.15, 0.2) is 0 Å². The fourth-order valence-corrected chi connectivity index (χ4v) is 3.37. The minimum Gasteiger partial charge on any atom is -0.460 e. The zero-order chi connectivity index (χ0) is 19.5. The molecule has 2 amide bonds. The number of nitrogens with zero attached hydrogens (tertiary/aromatic N) is 2. The summed E-state index contributed by atoms with van der Waals surface area (Å²) >= 11 is 1.42. The van der Waals surface area contributed by atoms with Crippen molar-refractivity contribution in [2.24, 2.45) is 11.8 Å². The van der Waals surface area contributed by atoms with Gasteiger partial charge in [0.1, 0.15) is 12.2 Å². The first-order chi connectivity index (χ1) is 12.1. The van der Waals surface area contributed by atoms with Crippen LogP contribution in [0.25, 0.3) is 0 Å². The second kappa shape index (κ2) is 8.16. The Morgan fingerprint density at radius 3 is 2.65 bits per heavy atom. The Labute approximate surface area is 157 Å². The van der Waals surface area contributed by atoms with Gasteiger partial charge < -0.3 is 9.47 Å². The molecule has 26 heavy (non-hydrogen) atoms. The van der Waals surface area contributed by atoms with Crippen LogP contribution in [0, 0.1) is 11.8 Å². The van der Waals surface area contributed by atoms with E-state index < -0.39 is 29.5 Å². The standard InChI is InChI=1S/C18H26N2O5S/c1-11(2)14-8-24-17(23)20(14)16(22)12(6-13-9-26-10-19-13)7-15(21)25-18(3,4)5/h9-12,14H,6-8H2,1-5H3. The first-order valence-corrected chi connectivity index (χ1v) is 9.61. The molecule has 1 aromatic rings. The molecule has 1 aliphatic rings. The predicted molar refractivity (Wildman–Crippen MR) is 96.6 cm³/mol. The van der Waals surface area contributed by atoms with Crippen molar-refractivity contribution >= 4 is 29.3 Å². The molecule has 2 rings (SSSR count). The summed E-state index contributed by atoms with van der Waals surface area (Å²) in [6.07, 6.45) is -0.487. The van der Waals surface area contributed by atoms with E-state index in [-0.39, 0.29) is 31.4 Å². The maximum absolute atomic E-state index is 13.1. The summed E-state index contributed by atoms with van der Waals surface area (Å²) in [6, 6.07) is -0.327. The summed E-state index contributed by atoms with van der Waals surface area (Å²) in [5.41, 5.74) is 1.74. The molecule has 8 heteroatoms. The Hall–Kier alpha value is -1.96. The van der Waals surface area contributed by atoms with Gasteiger partial charge in [-0.15, -0.1) is 11.3 Å². The van der Waals surface area contributed by atoms with Crippen LogP contribution < -0.4 is 0 Å². The molecule has 2 atom stereocenters. The van der Waals surface area contributed by atoms with E-state index in [1.165, 1.54) is 11.3 Å². The molecule has 2 heterocycles.